The standard InChI is InChI=1S/C15H11Cl2N3O4/c1-24-14-12(16)5-9(6-13(14)17)8-18-19-15(21)10-3-2-4-11(7-10)20(22)23/h2-8H,1H3,(H,19,21)/b18-8+. The van der Waals surface area contributed by atoms with E-state index in [1.165, 1.54) is 31.5 Å². The molecule has 0 radical (unpaired) electrons. The molecule has 1 amide bonds. The van der Waals surface area contributed by atoms with Crippen molar-refractivity contribution in [2.45, 2.75) is 0 Å². The fourth-order valence-corrected chi connectivity index (χ4v) is 2.50. The van der Waals surface area contributed by atoms with Crippen LogP contribution in [0.4, 0.5) is 5.69 Å². The quantitative estimate of drug-likeness (QED) is 0.495. The molecule has 2 rings (SSSR count). The lowest BCUT2D eigenvalue weighted by Crippen LogP contribution is -2.17. The molecule has 0 bridgehead atoms. The van der Waals surface area contributed by atoms with Gasteiger partial charge in [-0.05, 0) is 23.8 Å². The minimum atomic E-state index is -0.583. The molecule has 7 nitrogen and oxygen atoms in total. The van der Waals surface area contributed by atoms with E-state index >= 15 is 0 Å². The average molecular weight is 368 g/mol. The van der Waals surface area contributed by atoms with Gasteiger partial charge in [0.05, 0.1) is 28.3 Å². The van der Waals surface area contributed by atoms with Crippen LogP contribution in [0.15, 0.2) is 41.5 Å². The summed E-state index contributed by atoms with van der Waals surface area (Å²) in [4.78, 5) is 22.0. The number of hydrogen-bond acceptors (Lipinski definition) is 5. The Morgan fingerprint density at radius 1 is 1.29 bits per heavy atom. The highest BCUT2D eigenvalue weighted by Gasteiger charge is 2.11. The van der Waals surface area contributed by atoms with Gasteiger partial charge in [0.1, 0.15) is 0 Å². The number of rotatable bonds is 5. The SMILES string of the molecule is COc1c(Cl)cc(/C=N/NC(=O)c2cccc([N+](=O)[O-])c2)cc1Cl. The molecule has 24 heavy (non-hydrogen) atoms. The van der Waals surface area contributed by atoms with Gasteiger partial charge < -0.3 is 4.74 Å². The van der Waals surface area contributed by atoms with Crippen LogP contribution in [-0.2, 0) is 0 Å². The number of nitrogens with one attached hydrogen (secondary N) is 1. The number of nitrogens with zero attached hydrogens (tertiary/aromatic N) is 2. The monoisotopic (exact) mass is 367 g/mol. The van der Waals surface area contributed by atoms with Crippen LogP contribution in [0, 0.1) is 10.1 Å². The predicted octanol–water partition coefficient (Wildman–Crippen LogP) is 3.67. The Morgan fingerprint density at radius 2 is 1.96 bits per heavy atom. The Balaban J connectivity index is 2.10. The van der Waals surface area contributed by atoms with Crippen molar-refractivity contribution in [3.05, 3.63) is 67.7 Å². The zero-order chi connectivity index (χ0) is 17.7. The van der Waals surface area contributed by atoms with Crippen molar-refractivity contribution in [3.8, 4) is 5.75 Å². The molecule has 9 heteroatoms. The summed E-state index contributed by atoms with van der Waals surface area (Å²) in [5.74, 6) is -0.239. The van der Waals surface area contributed by atoms with Crippen LogP contribution in [0.3, 0.4) is 0 Å². The molecule has 0 aliphatic rings. The third-order valence-corrected chi connectivity index (χ3v) is 3.49. The number of nitro groups is 1. The Hall–Kier alpha value is -2.64. The number of benzene rings is 2. The minimum Gasteiger partial charge on any atom is -0.494 e. The first kappa shape index (κ1) is 17.7. The van der Waals surface area contributed by atoms with Crippen molar-refractivity contribution >= 4 is 41.0 Å². The highest BCUT2D eigenvalue weighted by molar-refractivity contribution is 6.37. The maximum Gasteiger partial charge on any atom is 0.271 e. The van der Waals surface area contributed by atoms with Crippen LogP contribution in [0.25, 0.3) is 0 Å². The van der Waals surface area contributed by atoms with E-state index in [0.717, 1.165) is 6.07 Å². The van der Waals surface area contributed by atoms with Gasteiger partial charge in [-0.3, -0.25) is 14.9 Å². The Kier molecular flexibility index (Phi) is 5.73. The summed E-state index contributed by atoms with van der Waals surface area (Å²) in [6.45, 7) is 0. The van der Waals surface area contributed by atoms with Crippen molar-refractivity contribution in [2.75, 3.05) is 7.11 Å². The van der Waals surface area contributed by atoms with Crippen LogP contribution >= 0.6 is 23.2 Å². The van der Waals surface area contributed by atoms with E-state index in [2.05, 4.69) is 10.5 Å². The van der Waals surface area contributed by atoms with Crippen molar-refractivity contribution in [3.63, 3.8) is 0 Å². The van der Waals surface area contributed by atoms with Crippen molar-refractivity contribution < 1.29 is 14.5 Å². The van der Waals surface area contributed by atoms with Crippen LogP contribution in [0.5, 0.6) is 5.75 Å². The van der Waals surface area contributed by atoms with Gasteiger partial charge >= 0.3 is 0 Å². The molecule has 1 N–H and O–H groups in total. The van der Waals surface area contributed by atoms with Gasteiger partial charge in [0.2, 0.25) is 0 Å². The molecule has 2 aromatic carbocycles. The van der Waals surface area contributed by atoms with E-state index < -0.39 is 10.8 Å². The number of carbonyl (C=O) groups is 1. The smallest absolute Gasteiger partial charge is 0.271 e. The van der Waals surface area contributed by atoms with Crippen LogP contribution < -0.4 is 10.2 Å². The second-order valence-corrected chi connectivity index (χ2v) is 5.34. The summed E-state index contributed by atoms with van der Waals surface area (Å²) < 4.78 is 5.03. The summed E-state index contributed by atoms with van der Waals surface area (Å²) in [5, 5.41) is 15.1. The minimum absolute atomic E-state index is 0.118. The van der Waals surface area contributed by atoms with Crippen LogP contribution in [0.1, 0.15) is 15.9 Å². The molecular formula is C15H11Cl2N3O4. The molecule has 2 aromatic rings. The van der Waals surface area contributed by atoms with Gasteiger partial charge in [0, 0.05) is 17.7 Å². The fourth-order valence-electron chi connectivity index (χ4n) is 1.84. The molecule has 0 atom stereocenters. The molecule has 0 aromatic heterocycles. The summed E-state index contributed by atoms with van der Waals surface area (Å²) in [5.41, 5.74) is 2.76. The lowest BCUT2D eigenvalue weighted by atomic mass is 10.2. The van der Waals surface area contributed by atoms with Crippen molar-refractivity contribution in [1.29, 1.82) is 0 Å². The third kappa shape index (κ3) is 4.21. The topological polar surface area (TPSA) is 93.8 Å². The van der Waals surface area contributed by atoms with Gasteiger partial charge in [-0.15, -0.1) is 0 Å². The number of non-ortho nitro benzene ring substituents is 1. The highest BCUT2D eigenvalue weighted by Crippen LogP contribution is 2.33. The number of halogens is 2. The zero-order valence-corrected chi connectivity index (χ0v) is 13.8. The second kappa shape index (κ2) is 7.76. The maximum absolute atomic E-state index is 11.9. The Morgan fingerprint density at radius 3 is 2.54 bits per heavy atom. The number of hydrazone groups is 1. The summed E-state index contributed by atoms with van der Waals surface area (Å²) in [6, 6.07) is 8.44. The summed E-state index contributed by atoms with van der Waals surface area (Å²) in [7, 11) is 1.44. The summed E-state index contributed by atoms with van der Waals surface area (Å²) >= 11 is 12.0. The first-order valence-electron chi connectivity index (χ1n) is 6.53. The van der Waals surface area contributed by atoms with E-state index in [4.69, 9.17) is 27.9 Å². The number of amides is 1. The largest absolute Gasteiger partial charge is 0.494 e. The highest BCUT2D eigenvalue weighted by atomic mass is 35.5. The van der Waals surface area contributed by atoms with Gasteiger partial charge in [0.25, 0.3) is 11.6 Å². The molecule has 0 unspecified atom stereocenters. The number of hydrogen-bond donors (Lipinski definition) is 1. The third-order valence-electron chi connectivity index (χ3n) is 2.92. The van der Waals surface area contributed by atoms with E-state index in [9.17, 15) is 14.9 Å². The van der Waals surface area contributed by atoms with E-state index in [-0.39, 0.29) is 11.3 Å². The van der Waals surface area contributed by atoms with E-state index in [1.54, 1.807) is 12.1 Å². The number of carbonyl (C=O) groups excluding carboxylic acids is 1. The van der Waals surface area contributed by atoms with Gasteiger partial charge in [-0.1, -0.05) is 29.3 Å². The number of methoxy groups -OCH3 is 1. The van der Waals surface area contributed by atoms with Gasteiger partial charge in [-0.25, -0.2) is 5.43 Å². The van der Waals surface area contributed by atoms with Crippen LogP contribution in [0.2, 0.25) is 10.0 Å². The maximum atomic E-state index is 11.9. The molecule has 0 saturated heterocycles. The molecular weight excluding hydrogens is 357 g/mol. The van der Waals surface area contributed by atoms with E-state index in [0.29, 0.717) is 21.4 Å². The molecule has 0 aliphatic heterocycles. The molecule has 0 aliphatic carbocycles. The zero-order valence-electron chi connectivity index (χ0n) is 12.3. The fraction of sp³-hybridized carbons (Fsp3) is 0.0667. The normalized spacial score (nSPS) is 10.6. The number of ether oxygens (including phenoxy) is 1. The van der Waals surface area contributed by atoms with Crippen molar-refractivity contribution in [1.82, 2.24) is 5.43 Å². The van der Waals surface area contributed by atoms with Crippen molar-refractivity contribution in [2.24, 2.45) is 5.10 Å². The predicted molar refractivity (Wildman–Crippen MR) is 91.2 cm³/mol. The molecule has 0 spiro atoms. The number of nitro benzene ring substituents is 1. The van der Waals surface area contributed by atoms with Gasteiger partial charge in [-0.2, -0.15) is 5.10 Å². The van der Waals surface area contributed by atoms with E-state index in [1.807, 2.05) is 0 Å². The lowest BCUT2D eigenvalue weighted by molar-refractivity contribution is -0.384. The Labute approximate surface area is 147 Å². The van der Waals surface area contributed by atoms with Gasteiger partial charge in [0.15, 0.2) is 5.75 Å². The molecule has 0 saturated carbocycles. The first-order chi connectivity index (χ1) is 11.4. The first-order valence-corrected chi connectivity index (χ1v) is 7.29. The second-order valence-electron chi connectivity index (χ2n) is 4.52. The Bertz CT molecular complexity index is 801. The molecule has 0 heterocycles. The molecule has 124 valence electrons. The summed E-state index contributed by atoms with van der Waals surface area (Å²) in [6.07, 6.45) is 1.34. The lowest BCUT2D eigenvalue weighted by Gasteiger charge is -2.06. The van der Waals surface area contributed by atoms with Crippen LogP contribution in [-0.4, -0.2) is 24.2 Å². The molecule has 0 fully saturated rings. The average Bonchev–Trinajstić information content (AvgIpc) is 2.54.